The summed E-state index contributed by atoms with van der Waals surface area (Å²) < 4.78 is 2.14. The van der Waals surface area contributed by atoms with Crippen molar-refractivity contribution in [1.29, 1.82) is 0 Å². The Morgan fingerprint density at radius 2 is 2.12 bits per heavy atom. The number of benzene rings is 1. The molecule has 0 bridgehead atoms. The molecule has 1 aromatic carbocycles. The summed E-state index contributed by atoms with van der Waals surface area (Å²) in [5.41, 5.74) is 4.61. The number of aryl methyl sites for hydroxylation is 1. The Balaban J connectivity index is 1.94. The predicted octanol–water partition coefficient (Wildman–Crippen LogP) is 2.81. The number of rotatable bonds is 2. The van der Waals surface area contributed by atoms with Crippen LogP contribution < -0.4 is 0 Å². The van der Waals surface area contributed by atoms with Crippen molar-refractivity contribution >= 4 is 0 Å². The highest BCUT2D eigenvalue weighted by molar-refractivity contribution is 5.37. The van der Waals surface area contributed by atoms with Crippen molar-refractivity contribution in [3.05, 3.63) is 53.6 Å². The van der Waals surface area contributed by atoms with Gasteiger partial charge in [0.05, 0.1) is 6.33 Å². The van der Waals surface area contributed by atoms with Crippen LogP contribution in [0.4, 0.5) is 0 Å². The zero-order chi connectivity index (χ0) is 10.8. The van der Waals surface area contributed by atoms with Gasteiger partial charge < -0.3 is 4.57 Å². The lowest BCUT2D eigenvalue weighted by Gasteiger charge is -2.19. The fraction of sp³-hybridized carbons (Fsp3) is 0.357. The summed E-state index contributed by atoms with van der Waals surface area (Å²) in [5.74, 6) is 0. The molecule has 0 unspecified atom stereocenters. The highest BCUT2D eigenvalue weighted by atomic mass is 15.0. The van der Waals surface area contributed by atoms with Gasteiger partial charge in [-0.15, -0.1) is 0 Å². The van der Waals surface area contributed by atoms with Gasteiger partial charge in [0.1, 0.15) is 0 Å². The average molecular weight is 212 g/mol. The summed E-state index contributed by atoms with van der Waals surface area (Å²) in [7, 11) is 0. The smallest absolute Gasteiger partial charge is 0.0949 e. The molecular formula is C14H16N2. The third kappa shape index (κ3) is 1.75. The first-order valence-corrected chi connectivity index (χ1v) is 5.99. The Labute approximate surface area is 95.9 Å². The zero-order valence-electron chi connectivity index (χ0n) is 9.39. The molecule has 0 spiro atoms. The lowest BCUT2D eigenvalue weighted by atomic mass is 9.88. The van der Waals surface area contributed by atoms with Gasteiger partial charge in [-0.1, -0.05) is 18.2 Å². The largest absolute Gasteiger partial charge is 0.333 e. The topological polar surface area (TPSA) is 17.8 Å². The minimum absolute atomic E-state index is 0.961. The third-order valence-electron chi connectivity index (χ3n) is 3.41. The van der Waals surface area contributed by atoms with E-state index in [0.717, 1.165) is 6.54 Å². The van der Waals surface area contributed by atoms with E-state index in [1.54, 1.807) is 11.1 Å². The molecule has 1 aliphatic carbocycles. The summed E-state index contributed by atoms with van der Waals surface area (Å²) in [4.78, 5) is 4.09. The monoisotopic (exact) mass is 212 g/mol. The molecule has 0 aliphatic heterocycles. The van der Waals surface area contributed by atoms with E-state index in [9.17, 15) is 0 Å². The van der Waals surface area contributed by atoms with Crippen molar-refractivity contribution in [2.75, 3.05) is 0 Å². The van der Waals surface area contributed by atoms with Crippen molar-refractivity contribution < 1.29 is 0 Å². The SMILES string of the molecule is c1cc2c(c(Cn3ccnc3)c1)CCCC2. The molecule has 1 heterocycles. The molecule has 82 valence electrons. The number of aromatic nitrogens is 2. The molecule has 0 radical (unpaired) electrons. The maximum Gasteiger partial charge on any atom is 0.0949 e. The molecule has 3 rings (SSSR count). The lowest BCUT2D eigenvalue weighted by Crippen LogP contribution is -2.08. The van der Waals surface area contributed by atoms with Gasteiger partial charge in [0.15, 0.2) is 0 Å². The second-order valence-corrected chi connectivity index (χ2v) is 4.50. The fourth-order valence-corrected chi connectivity index (χ4v) is 2.59. The van der Waals surface area contributed by atoms with Crippen LogP contribution in [0.15, 0.2) is 36.9 Å². The summed E-state index contributed by atoms with van der Waals surface area (Å²) in [6.07, 6.45) is 11.0. The van der Waals surface area contributed by atoms with Gasteiger partial charge >= 0.3 is 0 Å². The van der Waals surface area contributed by atoms with Crippen molar-refractivity contribution in [2.45, 2.75) is 32.2 Å². The van der Waals surface area contributed by atoms with E-state index in [4.69, 9.17) is 0 Å². The van der Waals surface area contributed by atoms with Gasteiger partial charge in [0.2, 0.25) is 0 Å². The molecule has 2 heteroatoms. The second-order valence-electron chi connectivity index (χ2n) is 4.50. The van der Waals surface area contributed by atoms with Gasteiger partial charge in [-0.05, 0) is 42.4 Å². The first kappa shape index (κ1) is 9.64. The molecule has 2 aromatic rings. The highest BCUT2D eigenvalue weighted by Crippen LogP contribution is 2.24. The number of fused-ring (bicyclic) bond motifs is 1. The predicted molar refractivity (Wildman–Crippen MR) is 64.4 cm³/mol. The van der Waals surface area contributed by atoms with Crippen molar-refractivity contribution in [2.24, 2.45) is 0 Å². The van der Waals surface area contributed by atoms with E-state index in [2.05, 4.69) is 27.8 Å². The van der Waals surface area contributed by atoms with Crippen LogP contribution in [0.1, 0.15) is 29.5 Å². The Bertz CT molecular complexity index is 471. The van der Waals surface area contributed by atoms with Crippen LogP contribution in [0.2, 0.25) is 0 Å². The normalized spacial score (nSPS) is 14.8. The Morgan fingerprint density at radius 1 is 1.19 bits per heavy atom. The fourth-order valence-electron chi connectivity index (χ4n) is 2.59. The Kier molecular flexibility index (Phi) is 2.49. The van der Waals surface area contributed by atoms with Crippen LogP contribution in [0.25, 0.3) is 0 Å². The molecule has 1 aromatic heterocycles. The van der Waals surface area contributed by atoms with E-state index < -0.39 is 0 Å². The summed E-state index contributed by atoms with van der Waals surface area (Å²) in [5, 5.41) is 0. The van der Waals surface area contributed by atoms with Crippen LogP contribution in [0.5, 0.6) is 0 Å². The first-order valence-electron chi connectivity index (χ1n) is 5.99. The average Bonchev–Trinajstić information content (AvgIpc) is 2.82. The van der Waals surface area contributed by atoms with E-state index in [0.29, 0.717) is 0 Å². The van der Waals surface area contributed by atoms with Crippen LogP contribution in [-0.4, -0.2) is 9.55 Å². The standard InChI is InChI=1S/C14H16N2/c1-2-7-14-12(4-1)5-3-6-13(14)10-16-9-8-15-11-16/h3,5-6,8-9,11H,1-2,4,7,10H2. The maximum atomic E-state index is 4.09. The van der Waals surface area contributed by atoms with Crippen LogP contribution >= 0.6 is 0 Å². The van der Waals surface area contributed by atoms with Crippen molar-refractivity contribution in [3.63, 3.8) is 0 Å². The number of nitrogens with zero attached hydrogens (tertiary/aromatic N) is 2. The van der Waals surface area contributed by atoms with E-state index >= 15 is 0 Å². The Morgan fingerprint density at radius 3 is 3.00 bits per heavy atom. The molecule has 16 heavy (non-hydrogen) atoms. The van der Waals surface area contributed by atoms with Gasteiger partial charge in [0.25, 0.3) is 0 Å². The van der Waals surface area contributed by atoms with Gasteiger partial charge in [-0.25, -0.2) is 4.98 Å². The molecule has 0 amide bonds. The summed E-state index contributed by atoms with van der Waals surface area (Å²) in [6.45, 7) is 0.961. The van der Waals surface area contributed by atoms with Crippen LogP contribution in [0.3, 0.4) is 0 Å². The third-order valence-corrected chi connectivity index (χ3v) is 3.41. The van der Waals surface area contributed by atoms with Crippen LogP contribution in [-0.2, 0) is 19.4 Å². The molecule has 2 nitrogen and oxygen atoms in total. The van der Waals surface area contributed by atoms with E-state index in [-0.39, 0.29) is 0 Å². The molecule has 0 atom stereocenters. The van der Waals surface area contributed by atoms with Crippen molar-refractivity contribution in [3.8, 4) is 0 Å². The molecule has 1 aliphatic rings. The second kappa shape index (κ2) is 4.12. The molecule has 0 N–H and O–H groups in total. The molecule has 0 fully saturated rings. The van der Waals surface area contributed by atoms with Crippen molar-refractivity contribution in [1.82, 2.24) is 9.55 Å². The zero-order valence-corrected chi connectivity index (χ0v) is 9.39. The highest BCUT2D eigenvalue weighted by Gasteiger charge is 2.12. The minimum atomic E-state index is 0.961. The lowest BCUT2D eigenvalue weighted by molar-refractivity contribution is 0.670. The van der Waals surface area contributed by atoms with E-state index in [1.807, 2.05) is 18.7 Å². The molecule has 0 saturated carbocycles. The quantitative estimate of drug-likeness (QED) is 0.748. The van der Waals surface area contributed by atoms with Gasteiger partial charge in [-0.3, -0.25) is 0 Å². The number of hydrogen-bond acceptors (Lipinski definition) is 1. The first-order chi connectivity index (χ1) is 7.93. The molecule has 0 saturated heterocycles. The van der Waals surface area contributed by atoms with E-state index in [1.165, 1.54) is 31.2 Å². The minimum Gasteiger partial charge on any atom is -0.333 e. The summed E-state index contributed by atoms with van der Waals surface area (Å²) in [6, 6.07) is 6.73. The molecular weight excluding hydrogens is 196 g/mol. The van der Waals surface area contributed by atoms with Gasteiger partial charge in [-0.2, -0.15) is 0 Å². The van der Waals surface area contributed by atoms with Gasteiger partial charge in [0, 0.05) is 18.9 Å². The number of hydrogen-bond donors (Lipinski definition) is 0. The number of imidazole rings is 1. The maximum absolute atomic E-state index is 4.09. The van der Waals surface area contributed by atoms with Crippen LogP contribution in [0, 0.1) is 0 Å². The Hall–Kier alpha value is -1.57. The summed E-state index contributed by atoms with van der Waals surface area (Å²) >= 11 is 0.